The number of aliphatic imine (C=N–C) groups is 1. The van der Waals surface area contributed by atoms with Crippen LogP contribution >= 0.6 is 24.0 Å². The summed E-state index contributed by atoms with van der Waals surface area (Å²) >= 11 is 0. The van der Waals surface area contributed by atoms with Crippen LogP contribution < -0.4 is 5.32 Å². The fourth-order valence-electron chi connectivity index (χ4n) is 3.74. The lowest BCUT2D eigenvalue weighted by atomic mass is 9.99. The third-order valence-electron chi connectivity index (χ3n) is 5.36. The number of nitrogens with one attached hydrogen (secondary N) is 1. The number of likely N-dealkylation sites (tertiary alicyclic amines) is 1. The van der Waals surface area contributed by atoms with E-state index < -0.39 is 5.60 Å². The predicted octanol–water partition coefficient (Wildman–Crippen LogP) is 1.47. The monoisotopic (exact) mass is 539 g/mol. The van der Waals surface area contributed by atoms with Crippen molar-refractivity contribution in [2.75, 3.05) is 66.5 Å². The first-order chi connectivity index (χ1) is 13.6. The molecule has 0 bridgehead atoms. The van der Waals surface area contributed by atoms with E-state index in [4.69, 9.17) is 9.47 Å². The van der Waals surface area contributed by atoms with Crippen molar-refractivity contribution in [3.63, 3.8) is 0 Å². The average molecular weight is 539 g/mol. The molecule has 0 radical (unpaired) electrons. The number of esters is 1. The molecule has 9 nitrogen and oxygen atoms in total. The van der Waals surface area contributed by atoms with E-state index in [1.54, 1.807) is 11.9 Å². The summed E-state index contributed by atoms with van der Waals surface area (Å²) < 4.78 is 10.4. The van der Waals surface area contributed by atoms with Gasteiger partial charge in [0.15, 0.2) is 5.96 Å². The maximum Gasteiger partial charge on any atom is 0.410 e. The number of amides is 1. The van der Waals surface area contributed by atoms with E-state index in [0.29, 0.717) is 19.6 Å². The molecule has 30 heavy (non-hydrogen) atoms. The second kappa shape index (κ2) is 11.9. The normalized spacial score (nSPS) is 23.1. The third-order valence-corrected chi connectivity index (χ3v) is 5.36. The molecule has 2 unspecified atom stereocenters. The minimum Gasteiger partial charge on any atom is -0.469 e. The van der Waals surface area contributed by atoms with Crippen molar-refractivity contribution in [2.24, 2.45) is 16.8 Å². The molecule has 2 atom stereocenters. The highest BCUT2D eigenvalue weighted by Crippen LogP contribution is 2.24. The van der Waals surface area contributed by atoms with Gasteiger partial charge in [-0.05, 0) is 26.7 Å². The second-order valence-corrected chi connectivity index (χ2v) is 8.79. The highest BCUT2D eigenvalue weighted by Gasteiger charge is 2.36. The smallest absolute Gasteiger partial charge is 0.410 e. The third kappa shape index (κ3) is 7.75. The number of nitrogens with zero attached hydrogens (tertiary/aromatic N) is 4. The number of ether oxygens (including phenoxy) is 2. The number of halogens is 1. The van der Waals surface area contributed by atoms with Crippen LogP contribution in [0.1, 0.15) is 27.7 Å². The van der Waals surface area contributed by atoms with Gasteiger partial charge in [-0.3, -0.25) is 14.7 Å². The van der Waals surface area contributed by atoms with Crippen molar-refractivity contribution < 1.29 is 19.1 Å². The molecule has 2 saturated heterocycles. The Kier molecular flexibility index (Phi) is 10.6. The SMILES string of the molecule is CN=C(NCCN1CCN(C(=O)OC(C)(C)C)CC1)N1CC(C)C(C(=O)OC)C1.I. The van der Waals surface area contributed by atoms with Gasteiger partial charge in [0, 0.05) is 59.4 Å². The maximum atomic E-state index is 12.2. The summed E-state index contributed by atoms with van der Waals surface area (Å²) in [5.74, 6) is 0.787. The molecule has 174 valence electrons. The molecule has 2 heterocycles. The quantitative estimate of drug-likeness (QED) is 0.251. The number of carbonyl (C=O) groups is 2. The molecule has 0 saturated carbocycles. The van der Waals surface area contributed by atoms with Gasteiger partial charge >= 0.3 is 12.1 Å². The van der Waals surface area contributed by atoms with Gasteiger partial charge in [0.1, 0.15) is 5.60 Å². The Morgan fingerprint density at radius 1 is 1.10 bits per heavy atom. The van der Waals surface area contributed by atoms with Crippen molar-refractivity contribution in [1.82, 2.24) is 20.0 Å². The van der Waals surface area contributed by atoms with Crippen LogP contribution in [-0.2, 0) is 14.3 Å². The summed E-state index contributed by atoms with van der Waals surface area (Å²) in [5.41, 5.74) is -0.464. The lowest BCUT2D eigenvalue weighted by molar-refractivity contribution is -0.145. The van der Waals surface area contributed by atoms with Gasteiger partial charge in [-0.2, -0.15) is 0 Å². The summed E-state index contributed by atoms with van der Waals surface area (Å²) in [4.78, 5) is 34.6. The molecule has 2 aliphatic heterocycles. The maximum absolute atomic E-state index is 12.2. The molecule has 0 spiro atoms. The van der Waals surface area contributed by atoms with E-state index in [0.717, 1.165) is 38.7 Å². The van der Waals surface area contributed by atoms with E-state index in [2.05, 4.69) is 27.0 Å². The van der Waals surface area contributed by atoms with E-state index in [1.807, 2.05) is 20.8 Å². The lowest BCUT2D eigenvalue weighted by Crippen LogP contribution is -2.52. The van der Waals surface area contributed by atoms with Crippen molar-refractivity contribution in [3.05, 3.63) is 0 Å². The standard InChI is InChI=1S/C20H37N5O4.HI/c1-15-13-25(14-16(15)17(26)28-6)18(21-5)22-7-8-23-9-11-24(12-10-23)19(27)29-20(2,3)4;/h15-16H,7-14H2,1-6H3,(H,21,22);1H. The van der Waals surface area contributed by atoms with Crippen molar-refractivity contribution >= 4 is 42.0 Å². The number of rotatable bonds is 4. The molecule has 2 aliphatic rings. The molecule has 2 rings (SSSR count). The van der Waals surface area contributed by atoms with E-state index in [1.165, 1.54) is 7.11 Å². The van der Waals surface area contributed by atoms with Crippen LogP contribution in [0, 0.1) is 11.8 Å². The number of methoxy groups -OCH3 is 1. The zero-order valence-electron chi connectivity index (χ0n) is 19.1. The van der Waals surface area contributed by atoms with Gasteiger partial charge in [0.05, 0.1) is 13.0 Å². The van der Waals surface area contributed by atoms with E-state index >= 15 is 0 Å². The summed E-state index contributed by atoms with van der Waals surface area (Å²) in [6.07, 6.45) is -0.237. The molecule has 0 aromatic rings. The molecular formula is C20H38IN5O4. The summed E-state index contributed by atoms with van der Waals surface area (Å²) in [7, 11) is 3.20. The van der Waals surface area contributed by atoms with Crippen LogP contribution in [0.15, 0.2) is 4.99 Å². The topological polar surface area (TPSA) is 86.7 Å². The molecule has 1 N–H and O–H groups in total. The Morgan fingerprint density at radius 3 is 2.27 bits per heavy atom. The van der Waals surface area contributed by atoms with Gasteiger partial charge in [-0.1, -0.05) is 6.92 Å². The van der Waals surface area contributed by atoms with Gasteiger partial charge in [-0.15, -0.1) is 24.0 Å². The molecular weight excluding hydrogens is 501 g/mol. The molecule has 0 aromatic carbocycles. The summed E-state index contributed by atoms with van der Waals surface area (Å²) in [6.45, 7) is 13.8. The van der Waals surface area contributed by atoms with Crippen LogP contribution in [0.5, 0.6) is 0 Å². The fourth-order valence-corrected chi connectivity index (χ4v) is 3.74. The molecule has 2 fully saturated rings. The van der Waals surface area contributed by atoms with E-state index in [9.17, 15) is 9.59 Å². The Bertz CT molecular complexity index is 602. The summed E-state index contributed by atoms with van der Waals surface area (Å²) in [6, 6.07) is 0. The first-order valence-electron chi connectivity index (χ1n) is 10.4. The predicted molar refractivity (Wildman–Crippen MR) is 127 cm³/mol. The van der Waals surface area contributed by atoms with Crippen LogP contribution in [0.2, 0.25) is 0 Å². The molecule has 1 amide bonds. The lowest BCUT2D eigenvalue weighted by Gasteiger charge is -2.35. The largest absolute Gasteiger partial charge is 0.469 e. The van der Waals surface area contributed by atoms with Crippen molar-refractivity contribution in [1.29, 1.82) is 0 Å². The Morgan fingerprint density at radius 2 is 1.73 bits per heavy atom. The van der Waals surface area contributed by atoms with E-state index in [-0.39, 0.29) is 47.9 Å². The van der Waals surface area contributed by atoms with Gasteiger partial charge in [0.2, 0.25) is 0 Å². The number of hydrogen-bond donors (Lipinski definition) is 1. The number of piperazine rings is 1. The molecule has 0 aromatic heterocycles. The van der Waals surface area contributed by atoms with Gasteiger partial charge in [-0.25, -0.2) is 4.79 Å². The second-order valence-electron chi connectivity index (χ2n) is 8.79. The Balaban J connectivity index is 0.00000450. The van der Waals surface area contributed by atoms with Crippen molar-refractivity contribution in [2.45, 2.75) is 33.3 Å². The molecule has 0 aliphatic carbocycles. The Hall–Kier alpha value is -1.30. The highest BCUT2D eigenvalue weighted by molar-refractivity contribution is 14.0. The number of carbonyl (C=O) groups excluding carboxylic acids is 2. The first-order valence-corrected chi connectivity index (χ1v) is 10.4. The molecule has 10 heteroatoms. The van der Waals surface area contributed by atoms with Crippen LogP contribution in [0.4, 0.5) is 4.79 Å². The Labute approximate surface area is 197 Å². The van der Waals surface area contributed by atoms with Gasteiger partial charge < -0.3 is 24.6 Å². The summed E-state index contributed by atoms with van der Waals surface area (Å²) in [5, 5.41) is 3.40. The van der Waals surface area contributed by atoms with Crippen molar-refractivity contribution in [3.8, 4) is 0 Å². The fraction of sp³-hybridized carbons (Fsp3) is 0.850. The first kappa shape index (κ1) is 26.7. The zero-order valence-corrected chi connectivity index (χ0v) is 21.5. The highest BCUT2D eigenvalue weighted by atomic mass is 127. The average Bonchev–Trinajstić information content (AvgIpc) is 3.05. The van der Waals surface area contributed by atoms with Crippen LogP contribution in [0.3, 0.4) is 0 Å². The van der Waals surface area contributed by atoms with Crippen LogP contribution in [0.25, 0.3) is 0 Å². The number of guanidine groups is 1. The minimum absolute atomic E-state index is 0. The minimum atomic E-state index is -0.464. The van der Waals surface area contributed by atoms with Crippen LogP contribution in [-0.4, -0.2) is 105 Å². The van der Waals surface area contributed by atoms with Gasteiger partial charge in [0.25, 0.3) is 0 Å². The zero-order chi connectivity index (χ0) is 21.6. The number of hydrogen-bond acceptors (Lipinski definition) is 6.